The van der Waals surface area contributed by atoms with Crippen molar-refractivity contribution < 1.29 is 10.2 Å². The average Bonchev–Trinajstić information content (AvgIpc) is 3.11. The van der Waals surface area contributed by atoms with Crippen molar-refractivity contribution in [1.82, 2.24) is 15.5 Å². The van der Waals surface area contributed by atoms with Gasteiger partial charge in [0.15, 0.2) is 0 Å². The van der Waals surface area contributed by atoms with E-state index in [0.717, 1.165) is 58.8 Å². The fourth-order valence-corrected chi connectivity index (χ4v) is 4.40. The summed E-state index contributed by atoms with van der Waals surface area (Å²) < 4.78 is 0. The highest BCUT2D eigenvalue weighted by molar-refractivity contribution is 6.30. The Balaban J connectivity index is 1.55. The van der Waals surface area contributed by atoms with E-state index in [2.05, 4.69) is 34.2 Å². The third-order valence-electron chi connectivity index (χ3n) is 5.80. The lowest BCUT2D eigenvalue weighted by molar-refractivity contribution is 0.253. The largest absolute Gasteiger partial charge is 0.508 e. The van der Waals surface area contributed by atoms with Crippen molar-refractivity contribution in [3.63, 3.8) is 0 Å². The van der Waals surface area contributed by atoms with Crippen molar-refractivity contribution in [1.29, 1.82) is 0 Å². The van der Waals surface area contributed by atoms with E-state index in [0.29, 0.717) is 12.1 Å². The minimum atomic E-state index is -0.202. The minimum absolute atomic E-state index is 0.0353. The van der Waals surface area contributed by atoms with Gasteiger partial charge in [-0.2, -0.15) is 5.10 Å². The van der Waals surface area contributed by atoms with Crippen molar-refractivity contribution >= 4 is 28.9 Å². The summed E-state index contributed by atoms with van der Waals surface area (Å²) in [5.74, 6) is 0.229. The Morgan fingerprint density at radius 2 is 1.97 bits per heavy atom. The highest BCUT2D eigenvalue weighted by Gasteiger charge is 2.22. The molecule has 0 amide bonds. The second kappa shape index (κ2) is 10.1. The van der Waals surface area contributed by atoms with Crippen LogP contribution in [-0.2, 0) is 12.8 Å². The zero-order valence-electron chi connectivity index (χ0n) is 17.9. The van der Waals surface area contributed by atoms with Crippen LogP contribution in [0.15, 0.2) is 55.1 Å². The Hall–Kier alpha value is -3.02. The highest BCUT2D eigenvalue weighted by Crippen LogP contribution is 2.33. The van der Waals surface area contributed by atoms with Gasteiger partial charge in [-0.1, -0.05) is 42.4 Å². The van der Waals surface area contributed by atoms with Crippen LogP contribution >= 0.6 is 11.6 Å². The van der Waals surface area contributed by atoms with Gasteiger partial charge in [0, 0.05) is 10.6 Å². The van der Waals surface area contributed by atoms with E-state index in [-0.39, 0.29) is 18.4 Å². The first-order valence-corrected chi connectivity index (χ1v) is 11.3. The predicted octanol–water partition coefficient (Wildman–Crippen LogP) is 5.20. The van der Waals surface area contributed by atoms with Crippen LogP contribution in [0.2, 0.25) is 5.02 Å². The molecule has 4 N–H and O–H groups in total. The number of rotatable bonds is 7. The maximum atomic E-state index is 9.90. The Morgan fingerprint density at radius 3 is 2.72 bits per heavy atom. The van der Waals surface area contributed by atoms with E-state index in [9.17, 15) is 10.2 Å². The number of fused-ring (bicyclic) bond motifs is 1. The van der Waals surface area contributed by atoms with Gasteiger partial charge < -0.3 is 15.5 Å². The average molecular weight is 450 g/mol. The van der Waals surface area contributed by atoms with Gasteiger partial charge in [-0.25, -0.2) is 0 Å². The number of halogens is 1. The number of aromatic nitrogens is 2. The molecule has 32 heavy (non-hydrogen) atoms. The van der Waals surface area contributed by atoms with E-state index in [1.54, 1.807) is 12.1 Å². The Morgan fingerprint density at radius 1 is 1.19 bits per heavy atom. The number of aromatic hydroxyl groups is 1. The van der Waals surface area contributed by atoms with Gasteiger partial charge in [-0.15, -0.1) is 0 Å². The van der Waals surface area contributed by atoms with Crippen LogP contribution in [0.4, 0.5) is 0 Å². The molecule has 166 valence electrons. The first-order chi connectivity index (χ1) is 15.5. The van der Waals surface area contributed by atoms with Crippen LogP contribution in [0.1, 0.15) is 47.3 Å². The van der Waals surface area contributed by atoms with Crippen molar-refractivity contribution in [2.24, 2.45) is 0 Å². The first-order valence-electron chi connectivity index (χ1n) is 10.9. The summed E-state index contributed by atoms with van der Waals surface area (Å²) in [6, 6.07) is 14.7. The molecule has 3 aromatic rings. The van der Waals surface area contributed by atoms with Gasteiger partial charge in [-0.3, -0.25) is 5.10 Å². The number of allylic oxidation sites excluding steroid dienone is 1. The number of hydrogen-bond donors (Lipinski definition) is 4. The number of H-pyrrole nitrogens is 1. The van der Waals surface area contributed by atoms with Gasteiger partial charge >= 0.3 is 0 Å². The number of phenols is 1. The summed E-state index contributed by atoms with van der Waals surface area (Å²) in [7, 11) is 0. The monoisotopic (exact) mass is 449 g/mol. The fourth-order valence-electron chi connectivity index (χ4n) is 4.20. The number of nitrogens with zero attached hydrogens (tertiary/aromatic N) is 1. The smallest absolute Gasteiger partial charge is 0.115 e. The Kier molecular flexibility index (Phi) is 6.98. The van der Waals surface area contributed by atoms with E-state index >= 15 is 0 Å². The topological polar surface area (TPSA) is 81.2 Å². The first kappa shape index (κ1) is 22.2. The van der Waals surface area contributed by atoms with Crippen molar-refractivity contribution in [2.45, 2.75) is 38.1 Å². The van der Waals surface area contributed by atoms with Gasteiger partial charge in [0.05, 0.1) is 24.0 Å². The number of aliphatic hydroxyl groups is 1. The lowest BCUT2D eigenvalue weighted by atomic mass is 10.0. The molecule has 1 heterocycles. The van der Waals surface area contributed by atoms with Gasteiger partial charge in [0.25, 0.3) is 0 Å². The Bertz CT molecular complexity index is 1120. The summed E-state index contributed by atoms with van der Waals surface area (Å²) in [5, 5.41) is 31.3. The summed E-state index contributed by atoms with van der Waals surface area (Å²) in [6.45, 7) is 4.18. The third-order valence-corrected chi connectivity index (χ3v) is 6.04. The van der Waals surface area contributed by atoms with Crippen molar-refractivity contribution in [3.8, 4) is 5.75 Å². The molecule has 0 bridgehead atoms. The van der Waals surface area contributed by atoms with E-state index in [4.69, 9.17) is 11.6 Å². The zero-order valence-corrected chi connectivity index (χ0v) is 18.7. The molecule has 1 aliphatic rings. The van der Waals surface area contributed by atoms with E-state index in [1.807, 2.05) is 30.3 Å². The van der Waals surface area contributed by atoms with Crippen LogP contribution < -0.4 is 5.32 Å². The normalized spacial score (nSPS) is 15.8. The molecule has 0 radical (unpaired) electrons. The summed E-state index contributed by atoms with van der Waals surface area (Å²) in [5.41, 5.74) is 7.05. The minimum Gasteiger partial charge on any atom is -0.508 e. The maximum absolute atomic E-state index is 9.90. The third kappa shape index (κ3) is 5.23. The SMILES string of the molecule is C=C(N[C@H](CO)Cc1ccc(O)cc1)c1n[nH]c2c1CCCC/C2=C\c1cccc(Cl)c1. The standard InChI is InChI=1S/C26H28ClN3O2/c1-17(28-22(16-31)15-18-9-11-23(32)12-10-18)25-24-8-3-2-6-20(26(24)30-29-25)13-19-5-4-7-21(27)14-19/h4-5,7,9-14,22,28,31-32H,1-3,6,8,15-16H2,(H,29,30)/b20-13+/t22-/m0/s1. The molecule has 1 aliphatic carbocycles. The molecule has 1 aromatic heterocycles. The van der Waals surface area contributed by atoms with Crippen LogP contribution in [-0.4, -0.2) is 33.1 Å². The number of benzene rings is 2. The molecule has 4 rings (SSSR count). The number of phenolic OH excluding ortho intramolecular Hbond substituents is 1. The van der Waals surface area contributed by atoms with Crippen LogP contribution in [0, 0.1) is 0 Å². The second-order valence-electron chi connectivity index (χ2n) is 8.23. The molecule has 0 unspecified atom stereocenters. The maximum Gasteiger partial charge on any atom is 0.115 e. The second-order valence-corrected chi connectivity index (χ2v) is 8.67. The molecule has 0 saturated carbocycles. The van der Waals surface area contributed by atoms with E-state index < -0.39 is 0 Å². The molecule has 0 aliphatic heterocycles. The zero-order chi connectivity index (χ0) is 22.5. The van der Waals surface area contributed by atoms with Crippen molar-refractivity contribution in [3.05, 3.63) is 88.2 Å². The molecular weight excluding hydrogens is 422 g/mol. The predicted molar refractivity (Wildman–Crippen MR) is 130 cm³/mol. The molecule has 0 spiro atoms. The van der Waals surface area contributed by atoms with Crippen LogP contribution in [0.3, 0.4) is 0 Å². The number of aliphatic hydroxyl groups excluding tert-OH is 1. The Labute approximate surface area is 193 Å². The van der Waals surface area contributed by atoms with Gasteiger partial charge in [0.2, 0.25) is 0 Å². The van der Waals surface area contributed by atoms with Gasteiger partial charge in [-0.05, 0) is 79.1 Å². The summed E-state index contributed by atoms with van der Waals surface area (Å²) in [4.78, 5) is 0. The molecule has 2 aromatic carbocycles. The lowest BCUT2D eigenvalue weighted by Gasteiger charge is -2.19. The molecule has 0 fully saturated rings. The summed E-state index contributed by atoms with van der Waals surface area (Å²) in [6.07, 6.45) is 6.88. The van der Waals surface area contributed by atoms with E-state index in [1.165, 1.54) is 5.57 Å². The quantitative estimate of drug-likeness (QED) is 0.374. The van der Waals surface area contributed by atoms with Gasteiger partial charge in [0.1, 0.15) is 11.4 Å². The molecule has 1 atom stereocenters. The van der Waals surface area contributed by atoms with Crippen LogP contribution in [0.25, 0.3) is 17.3 Å². The fraction of sp³-hybridized carbons (Fsp3) is 0.269. The number of aromatic amines is 1. The molecular formula is C26H28ClN3O2. The van der Waals surface area contributed by atoms with Crippen LogP contribution in [0.5, 0.6) is 5.75 Å². The van der Waals surface area contributed by atoms with Crippen molar-refractivity contribution in [2.75, 3.05) is 6.61 Å². The molecule has 6 heteroatoms. The highest BCUT2D eigenvalue weighted by atomic mass is 35.5. The number of nitrogens with one attached hydrogen (secondary N) is 2. The molecule has 5 nitrogen and oxygen atoms in total. The number of hydrogen-bond acceptors (Lipinski definition) is 4. The summed E-state index contributed by atoms with van der Waals surface area (Å²) >= 11 is 6.17. The molecule has 0 saturated heterocycles. The lowest BCUT2D eigenvalue weighted by Crippen LogP contribution is -2.33.